The predicted molar refractivity (Wildman–Crippen MR) is 505 cm³/mol. The molecule has 0 radical (unpaired) electrons. The van der Waals surface area contributed by atoms with Gasteiger partial charge in [0, 0.05) is 0 Å². The van der Waals surface area contributed by atoms with E-state index >= 15 is 19.2 Å². The molecule has 0 aliphatic carbocycles. The number of benzene rings is 4. The zero-order chi connectivity index (χ0) is 90.3. The number of carbonyl (C=O) groups excluding carboxylic acids is 4. The first-order valence-corrected chi connectivity index (χ1v) is 50.2. The molecule has 712 valence electrons. The van der Waals surface area contributed by atoms with Crippen LogP contribution >= 0.6 is 0 Å². The third-order valence-corrected chi connectivity index (χ3v) is 22.1. The highest BCUT2D eigenvalue weighted by atomic mass is 16.6. The van der Waals surface area contributed by atoms with Crippen molar-refractivity contribution >= 4 is 23.9 Å². The number of ether oxygens (including phenoxy) is 16. The van der Waals surface area contributed by atoms with Crippen molar-refractivity contribution in [1.29, 1.82) is 0 Å². The van der Waals surface area contributed by atoms with E-state index in [0.717, 1.165) is 308 Å². The number of hydrogen-bond acceptors (Lipinski definition) is 20. The van der Waals surface area contributed by atoms with Crippen molar-refractivity contribution in [2.24, 2.45) is 5.41 Å². The van der Waals surface area contributed by atoms with E-state index in [1.807, 2.05) is 0 Å². The Kier molecular flexibility index (Phi) is 63.4. The molecule has 20 nitrogen and oxygen atoms in total. The highest BCUT2D eigenvalue weighted by Gasteiger charge is 2.40. The van der Waals surface area contributed by atoms with E-state index in [4.69, 9.17) is 75.8 Å². The van der Waals surface area contributed by atoms with Crippen LogP contribution in [0.1, 0.15) is 433 Å². The summed E-state index contributed by atoms with van der Waals surface area (Å²) in [6.07, 6.45) is 45.7. The Balaban J connectivity index is 2.18. The summed E-state index contributed by atoms with van der Waals surface area (Å²) < 4.78 is 106. The zero-order valence-electron chi connectivity index (χ0n) is 80.5. The molecule has 0 N–H and O–H groups in total. The lowest BCUT2D eigenvalue weighted by Crippen LogP contribution is -2.44. The van der Waals surface area contributed by atoms with Crippen LogP contribution in [0, 0.1) is 5.41 Å². The quantitative estimate of drug-likeness (QED) is 0.0228. The molecule has 0 saturated heterocycles. The molecular weight excluding hydrogens is 1580 g/mol. The van der Waals surface area contributed by atoms with Crippen molar-refractivity contribution < 1.29 is 95.0 Å². The van der Waals surface area contributed by atoms with E-state index in [1.165, 1.54) is 0 Å². The minimum atomic E-state index is -1.91. The van der Waals surface area contributed by atoms with Crippen molar-refractivity contribution in [1.82, 2.24) is 0 Å². The van der Waals surface area contributed by atoms with Crippen LogP contribution in [0.2, 0.25) is 0 Å². The van der Waals surface area contributed by atoms with Gasteiger partial charge in [0.15, 0.2) is 46.0 Å². The van der Waals surface area contributed by atoms with Crippen LogP contribution in [0.4, 0.5) is 0 Å². The average molecular weight is 1750 g/mol. The third-order valence-electron chi connectivity index (χ3n) is 22.1. The predicted octanol–water partition coefficient (Wildman–Crippen LogP) is 28.9. The normalized spacial score (nSPS) is 11.3. The van der Waals surface area contributed by atoms with E-state index in [2.05, 4.69) is 83.1 Å². The minimum Gasteiger partial charge on any atom is -0.490 e. The van der Waals surface area contributed by atoms with Crippen molar-refractivity contribution in [2.75, 3.05) is 106 Å². The summed E-state index contributed by atoms with van der Waals surface area (Å²) in [7, 11) is 0. The van der Waals surface area contributed by atoms with Gasteiger partial charge in [0.05, 0.1) is 102 Å². The summed E-state index contributed by atoms with van der Waals surface area (Å²) in [5.41, 5.74) is -1.63. The first-order chi connectivity index (χ1) is 61.3. The van der Waals surface area contributed by atoms with Crippen LogP contribution < -0.4 is 56.8 Å². The molecule has 0 amide bonds. The summed E-state index contributed by atoms with van der Waals surface area (Å²) in [6.45, 7) is 27.7. The lowest BCUT2D eigenvalue weighted by atomic mass is 9.92. The van der Waals surface area contributed by atoms with Gasteiger partial charge in [-0.15, -0.1) is 0 Å². The maximum atomic E-state index is 15.7. The van der Waals surface area contributed by atoms with Crippen LogP contribution in [0.3, 0.4) is 0 Å². The molecule has 4 rings (SSSR count). The van der Waals surface area contributed by atoms with Gasteiger partial charge >= 0.3 is 23.9 Å². The molecule has 20 heteroatoms. The molecule has 0 bridgehead atoms. The molecule has 4 aromatic carbocycles. The Morgan fingerprint density at radius 2 is 0.296 bits per heavy atom. The minimum absolute atomic E-state index is 0.0710. The topological polar surface area (TPSA) is 216 Å². The molecule has 0 spiro atoms. The zero-order valence-corrected chi connectivity index (χ0v) is 80.5. The number of esters is 4. The summed E-state index contributed by atoms with van der Waals surface area (Å²) in [6, 6.07) is 13.0. The number of carbonyl (C=O) groups is 4. The Labute approximate surface area is 757 Å². The highest BCUT2D eigenvalue weighted by Crippen LogP contribution is 2.45. The van der Waals surface area contributed by atoms with Crippen molar-refractivity contribution in [3.63, 3.8) is 0 Å². The molecule has 0 unspecified atom stereocenters. The Morgan fingerprint density at radius 1 is 0.176 bits per heavy atom. The molecule has 0 atom stereocenters. The summed E-state index contributed by atoms with van der Waals surface area (Å²) in [5, 5.41) is 0. The fourth-order valence-electron chi connectivity index (χ4n) is 14.2. The lowest BCUT2D eigenvalue weighted by Gasteiger charge is -2.32. The molecule has 4 aromatic rings. The maximum Gasteiger partial charge on any atom is 0.338 e. The van der Waals surface area contributed by atoms with E-state index in [9.17, 15) is 0 Å². The molecule has 0 fully saturated rings. The van der Waals surface area contributed by atoms with Gasteiger partial charge in [-0.05, 0) is 126 Å². The van der Waals surface area contributed by atoms with Crippen LogP contribution in [0.25, 0.3) is 0 Å². The second kappa shape index (κ2) is 72.3. The van der Waals surface area contributed by atoms with Gasteiger partial charge < -0.3 is 75.8 Å². The van der Waals surface area contributed by atoms with Crippen molar-refractivity contribution in [3.8, 4) is 69.0 Å². The Morgan fingerprint density at radius 3 is 0.416 bits per heavy atom. The second-order valence-electron chi connectivity index (χ2n) is 33.9. The standard InChI is InChI=1S/C105H172O20/c1-13-25-37-49-61-110-89-73-85(74-90(111-62-50-38-26-14-2)97(89)118-69-57-45-33-21-9)101(106)122-81-105(82-123-102(107)86-75-91(112-63-51-39-27-15-3)98(119-70-58-46-34-22-10)92(76-86)113-64-52-40-28-16-4,83-124-103(108)87-77-93(114-65-53-41-29-17-5)99(120-71-59-47-35-23-11)94(78-87)115-66-54-42-30-18-6)84-125-104(109)88-79-95(116-67-55-43-31-19-7)100(121-72-60-48-36-24-12)96(80-88)117-68-56-44-32-20-8/h73-80H,13-72,81-84H2,1-12H3. The van der Waals surface area contributed by atoms with Crippen LogP contribution in [0.15, 0.2) is 48.5 Å². The second-order valence-corrected chi connectivity index (χ2v) is 33.9. The average Bonchev–Trinajstić information content (AvgIpc) is 0.551. The van der Waals surface area contributed by atoms with E-state index in [-0.39, 0.29) is 22.3 Å². The fourth-order valence-corrected chi connectivity index (χ4v) is 14.2. The largest absolute Gasteiger partial charge is 0.490 e. The molecular formula is C105H172O20. The van der Waals surface area contributed by atoms with Gasteiger partial charge in [-0.2, -0.15) is 0 Å². The van der Waals surface area contributed by atoms with Gasteiger partial charge in [0.25, 0.3) is 0 Å². The Bertz CT molecular complexity index is 2840. The molecule has 0 aliphatic heterocycles. The number of hydrogen-bond donors (Lipinski definition) is 0. The van der Waals surface area contributed by atoms with Crippen LogP contribution in [0.5, 0.6) is 69.0 Å². The fraction of sp³-hybridized carbons (Fsp3) is 0.733. The van der Waals surface area contributed by atoms with E-state index < -0.39 is 55.7 Å². The van der Waals surface area contributed by atoms with Crippen LogP contribution in [-0.4, -0.2) is 130 Å². The Hall–Kier alpha value is -7.64. The number of unbranched alkanes of at least 4 members (excludes halogenated alkanes) is 36. The first-order valence-electron chi connectivity index (χ1n) is 50.2. The van der Waals surface area contributed by atoms with Crippen molar-refractivity contribution in [3.05, 3.63) is 70.8 Å². The van der Waals surface area contributed by atoms with Crippen molar-refractivity contribution in [2.45, 2.75) is 391 Å². The summed E-state index contributed by atoms with van der Waals surface area (Å²) >= 11 is 0. The molecule has 0 saturated carbocycles. The molecule has 0 aliphatic rings. The van der Waals surface area contributed by atoms with Gasteiger partial charge in [-0.1, -0.05) is 314 Å². The summed E-state index contributed by atoms with van der Waals surface area (Å²) in [4.78, 5) is 62.8. The third kappa shape index (κ3) is 46.8. The monoisotopic (exact) mass is 1750 g/mol. The maximum absolute atomic E-state index is 15.7. The van der Waals surface area contributed by atoms with Crippen LogP contribution in [-0.2, 0) is 18.9 Å². The SMILES string of the molecule is CCCCCCOc1cc(C(=O)OCC(COC(=O)c2cc(OCCCCCC)c(OCCCCCC)c(OCCCCCC)c2)(COC(=O)c2cc(OCCCCCC)c(OCCCCCC)c(OCCCCCC)c2)COC(=O)c2cc(OCCCCCC)c(OCCCCCC)c(OCCCCCC)c2)cc(OCCCCCC)c1OCCCCCC. The van der Waals surface area contributed by atoms with Gasteiger partial charge in [-0.3, -0.25) is 0 Å². The molecule has 0 aromatic heterocycles. The molecule has 125 heavy (non-hydrogen) atoms. The molecule has 0 heterocycles. The van der Waals surface area contributed by atoms with E-state index in [1.54, 1.807) is 48.5 Å². The summed E-state index contributed by atoms with van der Waals surface area (Å²) in [5.74, 6) is 0.849. The number of rotatable bonds is 84. The van der Waals surface area contributed by atoms with Gasteiger partial charge in [-0.25, -0.2) is 19.2 Å². The van der Waals surface area contributed by atoms with Gasteiger partial charge in [0.2, 0.25) is 23.0 Å². The lowest BCUT2D eigenvalue weighted by molar-refractivity contribution is -0.0642. The first kappa shape index (κ1) is 110. The van der Waals surface area contributed by atoms with Gasteiger partial charge in [0.1, 0.15) is 31.8 Å². The highest BCUT2D eigenvalue weighted by molar-refractivity contribution is 5.93. The smallest absolute Gasteiger partial charge is 0.338 e. The van der Waals surface area contributed by atoms with E-state index in [0.29, 0.717) is 148 Å².